The first kappa shape index (κ1) is 15.8. The molecule has 5 nitrogen and oxygen atoms in total. The van der Waals surface area contributed by atoms with Crippen LogP contribution in [0.15, 0.2) is 36.4 Å². The van der Waals surface area contributed by atoms with Crippen molar-refractivity contribution in [2.24, 2.45) is 35.5 Å². The fourth-order valence-electron chi connectivity index (χ4n) is 5.40. The van der Waals surface area contributed by atoms with Gasteiger partial charge in [-0.2, -0.15) is 0 Å². The number of allylic oxidation sites excluding steroid dienone is 2. The maximum Gasteiger partial charge on any atom is 0.233 e. The van der Waals surface area contributed by atoms with Crippen LogP contribution < -0.4 is 5.32 Å². The quantitative estimate of drug-likeness (QED) is 0.670. The summed E-state index contributed by atoms with van der Waals surface area (Å²) in [6, 6.07) is 7.58. The Kier molecular flexibility index (Phi) is 3.36. The van der Waals surface area contributed by atoms with E-state index in [9.17, 15) is 14.4 Å². The number of imide groups is 1. The number of nitrogens with zero attached hydrogens (tertiary/aromatic N) is 1. The van der Waals surface area contributed by atoms with Gasteiger partial charge in [-0.15, -0.1) is 0 Å². The second kappa shape index (κ2) is 5.53. The Bertz CT molecular complexity index is 809. The number of carbonyl (C=O) groups excluding carboxylic acids is 3. The van der Waals surface area contributed by atoms with Gasteiger partial charge in [0.2, 0.25) is 17.7 Å². The molecule has 134 valence electrons. The van der Waals surface area contributed by atoms with Gasteiger partial charge < -0.3 is 5.32 Å². The fraction of sp³-hybridized carbons (Fsp3) is 0.476. The minimum Gasteiger partial charge on any atom is -0.326 e. The van der Waals surface area contributed by atoms with Gasteiger partial charge in [0.15, 0.2) is 0 Å². The van der Waals surface area contributed by atoms with Crippen molar-refractivity contribution in [3.8, 4) is 0 Å². The van der Waals surface area contributed by atoms with Crippen molar-refractivity contribution in [3.63, 3.8) is 0 Å². The zero-order chi connectivity index (χ0) is 18.0. The predicted molar refractivity (Wildman–Crippen MR) is 95.8 cm³/mol. The van der Waals surface area contributed by atoms with E-state index in [2.05, 4.69) is 17.5 Å². The molecule has 3 amide bonds. The second-order valence-corrected chi connectivity index (χ2v) is 8.15. The summed E-state index contributed by atoms with van der Waals surface area (Å²) < 4.78 is 0. The molecular weight excluding hydrogens is 328 g/mol. The van der Waals surface area contributed by atoms with Gasteiger partial charge in [0, 0.05) is 18.7 Å². The lowest BCUT2D eigenvalue weighted by Crippen LogP contribution is -2.40. The molecule has 0 aromatic heterocycles. The number of hydrogen-bond acceptors (Lipinski definition) is 3. The average Bonchev–Trinajstić information content (AvgIpc) is 3.39. The summed E-state index contributed by atoms with van der Waals surface area (Å²) in [5, 5.41) is 2.84. The Morgan fingerprint density at radius 2 is 1.77 bits per heavy atom. The van der Waals surface area contributed by atoms with Gasteiger partial charge in [-0.05, 0) is 54.7 Å². The van der Waals surface area contributed by atoms with Crippen LogP contribution in [0.5, 0.6) is 0 Å². The highest BCUT2D eigenvalue weighted by molar-refractivity contribution is 6.06. The highest BCUT2D eigenvalue weighted by Gasteiger charge is 2.66. The van der Waals surface area contributed by atoms with E-state index in [1.807, 2.05) is 31.2 Å². The smallest absolute Gasteiger partial charge is 0.233 e. The first-order valence-corrected chi connectivity index (χ1v) is 9.44. The van der Waals surface area contributed by atoms with Gasteiger partial charge in [-0.3, -0.25) is 19.3 Å². The Hall–Kier alpha value is -2.43. The Labute approximate surface area is 152 Å². The van der Waals surface area contributed by atoms with E-state index in [-0.39, 0.29) is 54.4 Å². The van der Waals surface area contributed by atoms with Gasteiger partial charge in [0.25, 0.3) is 0 Å². The van der Waals surface area contributed by atoms with Gasteiger partial charge in [-0.25, -0.2) is 0 Å². The first-order chi connectivity index (χ1) is 12.5. The highest BCUT2D eigenvalue weighted by atomic mass is 16.2. The van der Waals surface area contributed by atoms with Crippen LogP contribution in [-0.4, -0.2) is 29.2 Å². The van der Waals surface area contributed by atoms with Gasteiger partial charge in [-0.1, -0.05) is 24.3 Å². The number of likely N-dealkylation sites (tertiary alicyclic amines) is 1. The van der Waals surface area contributed by atoms with Gasteiger partial charge in [0.1, 0.15) is 0 Å². The molecule has 6 atom stereocenters. The van der Waals surface area contributed by atoms with Crippen LogP contribution in [0.1, 0.15) is 18.4 Å². The topological polar surface area (TPSA) is 66.5 Å². The second-order valence-electron chi connectivity index (χ2n) is 8.15. The van der Waals surface area contributed by atoms with Crippen LogP contribution in [-0.2, 0) is 14.4 Å². The Morgan fingerprint density at radius 1 is 1.12 bits per heavy atom. The lowest BCUT2D eigenvalue weighted by Gasteiger charge is -2.37. The summed E-state index contributed by atoms with van der Waals surface area (Å²) in [6.45, 7) is 2.14. The molecule has 2 bridgehead atoms. The summed E-state index contributed by atoms with van der Waals surface area (Å²) in [7, 11) is 0. The number of nitrogens with one attached hydrogen (secondary N) is 1. The molecule has 1 aromatic carbocycles. The number of amides is 3. The van der Waals surface area contributed by atoms with Crippen molar-refractivity contribution in [1.29, 1.82) is 0 Å². The van der Waals surface area contributed by atoms with E-state index >= 15 is 0 Å². The molecule has 3 fully saturated rings. The molecule has 0 radical (unpaired) electrons. The third-order valence-corrected chi connectivity index (χ3v) is 6.62. The molecule has 4 aliphatic carbocycles. The Morgan fingerprint density at radius 3 is 2.38 bits per heavy atom. The van der Waals surface area contributed by atoms with E-state index < -0.39 is 0 Å². The van der Waals surface area contributed by atoms with Crippen LogP contribution >= 0.6 is 0 Å². The molecule has 26 heavy (non-hydrogen) atoms. The number of carbonyl (C=O) groups is 3. The van der Waals surface area contributed by atoms with E-state index in [4.69, 9.17) is 0 Å². The number of hydrogen-bond donors (Lipinski definition) is 1. The minimum atomic E-state index is -0.180. The monoisotopic (exact) mass is 350 g/mol. The van der Waals surface area contributed by atoms with Crippen molar-refractivity contribution >= 4 is 23.4 Å². The third kappa shape index (κ3) is 2.26. The van der Waals surface area contributed by atoms with Crippen LogP contribution in [0, 0.1) is 42.4 Å². The number of anilines is 1. The molecule has 1 aromatic rings. The lowest BCUT2D eigenvalue weighted by molar-refractivity contribution is -0.140. The van der Waals surface area contributed by atoms with Crippen molar-refractivity contribution in [1.82, 2.24) is 4.90 Å². The average molecular weight is 350 g/mol. The van der Waals surface area contributed by atoms with Crippen LogP contribution in [0.2, 0.25) is 0 Å². The summed E-state index contributed by atoms with van der Waals surface area (Å²) in [5.41, 5.74) is 1.81. The van der Waals surface area contributed by atoms with Crippen molar-refractivity contribution < 1.29 is 14.4 Å². The van der Waals surface area contributed by atoms with E-state index in [0.717, 1.165) is 17.7 Å². The van der Waals surface area contributed by atoms with E-state index in [0.29, 0.717) is 11.8 Å². The standard InChI is InChI=1S/C21H22N2O3/c1-11-3-2-4-12(9-11)22-17(24)7-8-23-20(25)18-13-5-6-14(16-10-15(13)16)19(18)21(23)26/h2-6,9,13-16,18-19H,7-8,10H2,1H3,(H,22,24)/t13-,14-,15-,16-,18+,19+/m1/s1. The van der Waals surface area contributed by atoms with Gasteiger partial charge in [0.05, 0.1) is 11.8 Å². The molecule has 5 heteroatoms. The summed E-state index contributed by atoms with van der Waals surface area (Å²) in [5.74, 6) is 1.02. The molecule has 2 saturated carbocycles. The number of rotatable bonds is 4. The van der Waals surface area contributed by atoms with Gasteiger partial charge >= 0.3 is 0 Å². The van der Waals surface area contributed by atoms with Crippen LogP contribution in [0.3, 0.4) is 0 Å². The number of benzene rings is 1. The Balaban J connectivity index is 1.25. The molecule has 1 saturated heterocycles. The maximum absolute atomic E-state index is 12.9. The molecule has 1 aliphatic heterocycles. The zero-order valence-corrected chi connectivity index (χ0v) is 14.7. The maximum atomic E-state index is 12.9. The van der Waals surface area contributed by atoms with Crippen LogP contribution in [0.4, 0.5) is 5.69 Å². The largest absolute Gasteiger partial charge is 0.326 e. The summed E-state index contributed by atoms with van der Waals surface area (Å²) >= 11 is 0. The summed E-state index contributed by atoms with van der Waals surface area (Å²) in [6.07, 6.45) is 5.63. The van der Waals surface area contributed by atoms with Crippen molar-refractivity contribution in [2.75, 3.05) is 11.9 Å². The summed E-state index contributed by atoms with van der Waals surface area (Å²) in [4.78, 5) is 39.3. The molecule has 6 rings (SSSR count). The first-order valence-electron chi connectivity index (χ1n) is 9.44. The highest BCUT2D eigenvalue weighted by Crippen LogP contribution is 2.65. The van der Waals surface area contributed by atoms with E-state index in [1.165, 1.54) is 4.90 Å². The third-order valence-electron chi connectivity index (χ3n) is 6.62. The molecule has 0 spiro atoms. The molecule has 1 heterocycles. The van der Waals surface area contributed by atoms with Crippen LogP contribution in [0.25, 0.3) is 0 Å². The van der Waals surface area contributed by atoms with Crippen molar-refractivity contribution in [3.05, 3.63) is 42.0 Å². The number of aryl methyl sites for hydroxylation is 1. The zero-order valence-electron chi connectivity index (χ0n) is 14.7. The predicted octanol–water partition coefficient (Wildman–Crippen LogP) is 2.38. The fourth-order valence-corrected chi connectivity index (χ4v) is 5.40. The normalized spacial score (nSPS) is 36.1. The van der Waals surface area contributed by atoms with Crippen molar-refractivity contribution in [2.45, 2.75) is 19.8 Å². The van der Waals surface area contributed by atoms with E-state index in [1.54, 1.807) is 0 Å². The molecule has 0 unspecified atom stereocenters. The molecular formula is C21H22N2O3. The lowest BCUT2D eigenvalue weighted by atomic mass is 9.63. The molecule has 5 aliphatic rings. The molecule has 1 N–H and O–H groups in total. The minimum absolute atomic E-state index is 0.0620. The SMILES string of the molecule is Cc1cccc(NC(=O)CCN2C(=O)[C@H]3[C@@H]4C=C[C@H]([C@H]5C[C@H]45)[C@@H]3C2=O)c1.